The molecular weight excluding hydrogens is 248 g/mol. The first-order chi connectivity index (χ1) is 8.56. The van der Waals surface area contributed by atoms with Gasteiger partial charge in [0.25, 0.3) is 5.91 Å². The SMILES string of the molecule is CC(C)c1csc(NC(=O)c2ccnc(N)c2)n1. The van der Waals surface area contributed by atoms with Crippen LogP contribution in [0.3, 0.4) is 0 Å². The number of hydrogen-bond donors (Lipinski definition) is 2. The van der Waals surface area contributed by atoms with Gasteiger partial charge in [-0.3, -0.25) is 10.1 Å². The molecule has 0 bridgehead atoms. The van der Waals surface area contributed by atoms with Crippen LogP contribution >= 0.6 is 11.3 Å². The molecule has 0 aliphatic carbocycles. The Morgan fingerprint density at radius 1 is 1.50 bits per heavy atom. The molecule has 0 aromatic carbocycles. The molecule has 0 fully saturated rings. The standard InChI is InChI=1S/C12H14N4OS/c1-7(2)9-6-18-12(15-9)16-11(17)8-3-4-14-10(13)5-8/h3-7H,1-2H3,(H2,13,14)(H,15,16,17). The van der Waals surface area contributed by atoms with Crippen LogP contribution in [-0.2, 0) is 0 Å². The van der Waals surface area contributed by atoms with E-state index in [1.165, 1.54) is 23.6 Å². The van der Waals surface area contributed by atoms with Crippen molar-refractivity contribution in [3.8, 4) is 0 Å². The first-order valence-electron chi connectivity index (χ1n) is 5.54. The average Bonchev–Trinajstić information content (AvgIpc) is 2.77. The number of aromatic nitrogens is 2. The first-order valence-corrected chi connectivity index (χ1v) is 6.42. The zero-order chi connectivity index (χ0) is 13.1. The molecule has 2 aromatic heterocycles. The van der Waals surface area contributed by atoms with E-state index < -0.39 is 0 Å². The van der Waals surface area contributed by atoms with Crippen molar-refractivity contribution >= 4 is 28.2 Å². The van der Waals surface area contributed by atoms with Crippen molar-refractivity contribution in [3.63, 3.8) is 0 Å². The summed E-state index contributed by atoms with van der Waals surface area (Å²) in [6.07, 6.45) is 1.51. The molecule has 2 aromatic rings. The number of pyridine rings is 1. The Kier molecular flexibility index (Phi) is 3.57. The average molecular weight is 262 g/mol. The number of amides is 1. The van der Waals surface area contributed by atoms with E-state index in [-0.39, 0.29) is 5.91 Å². The van der Waals surface area contributed by atoms with E-state index in [0.29, 0.717) is 22.4 Å². The summed E-state index contributed by atoms with van der Waals surface area (Å²) in [6.45, 7) is 4.12. The molecule has 1 amide bonds. The highest BCUT2D eigenvalue weighted by molar-refractivity contribution is 7.14. The maximum absolute atomic E-state index is 11.9. The van der Waals surface area contributed by atoms with Crippen molar-refractivity contribution in [1.82, 2.24) is 9.97 Å². The molecular formula is C12H14N4OS. The fourth-order valence-electron chi connectivity index (χ4n) is 1.37. The summed E-state index contributed by atoms with van der Waals surface area (Å²) in [5, 5.41) is 5.29. The number of nitrogens with one attached hydrogen (secondary N) is 1. The van der Waals surface area contributed by atoms with Crippen LogP contribution in [0.1, 0.15) is 35.8 Å². The lowest BCUT2D eigenvalue weighted by molar-refractivity contribution is 0.102. The molecule has 0 aliphatic rings. The number of nitrogen functional groups attached to an aromatic ring is 1. The molecule has 2 rings (SSSR count). The molecule has 3 N–H and O–H groups in total. The van der Waals surface area contributed by atoms with Crippen LogP contribution in [0.15, 0.2) is 23.7 Å². The summed E-state index contributed by atoms with van der Waals surface area (Å²) >= 11 is 1.42. The molecule has 0 saturated carbocycles. The predicted octanol–water partition coefficient (Wildman–Crippen LogP) is 2.50. The van der Waals surface area contributed by atoms with E-state index >= 15 is 0 Å². The van der Waals surface area contributed by atoms with Crippen molar-refractivity contribution in [1.29, 1.82) is 0 Å². The Morgan fingerprint density at radius 2 is 2.28 bits per heavy atom. The monoisotopic (exact) mass is 262 g/mol. The van der Waals surface area contributed by atoms with Crippen molar-refractivity contribution < 1.29 is 4.79 Å². The van der Waals surface area contributed by atoms with Crippen LogP contribution in [0.2, 0.25) is 0 Å². The number of anilines is 2. The van der Waals surface area contributed by atoms with E-state index in [1.54, 1.807) is 6.07 Å². The Morgan fingerprint density at radius 3 is 2.89 bits per heavy atom. The van der Waals surface area contributed by atoms with Crippen LogP contribution in [0.4, 0.5) is 10.9 Å². The second kappa shape index (κ2) is 5.14. The fourth-order valence-corrected chi connectivity index (χ4v) is 2.23. The topological polar surface area (TPSA) is 80.9 Å². The zero-order valence-corrected chi connectivity index (χ0v) is 11.0. The van der Waals surface area contributed by atoms with Gasteiger partial charge in [0.15, 0.2) is 5.13 Å². The molecule has 0 aliphatic heterocycles. The van der Waals surface area contributed by atoms with Gasteiger partial charge in [0.1, 0.15) is 5.82 Å². The van der Waals surface area contributed by atoms with Gasteiger partial charge in [0, 0.05) is 17.1 Å². The second-order valence-electron chi connectivity index (χ2n) is 4.16. The highest BCUT2D eigenvalue weighted by Crippen LogP contribution is 2.21. The highest BCUT2D eigenvalue weighted by atomic mass is 32.1. The molecule has 94 valence electrons. The lowest BCUT2D eigenvalue weighted by Crippen LogP contribution is -2.12. The smallest absolute Gasteiger partial charge is 0.257 e. The largest absolute Gasteiger partial charge is 0.384 e. The third-order valence-corrected chi connectivity index (χ3v) is 3.15. The van der Waals surface area contributed by atoms with Gasteiger partial charge < -0.3 is 5.73 Å². The summed E-state index contributed by atoms with van der Waals surface area (Å²) in [5.74, 6) is 0.446. The predicted molar refractivity (Wildman–Crippen MR) is 72.8 cm³/mol. The lowest BCUT2D eigenvalue weighted by Gasteiger charge is -2.02. The van der Waals surface area contributed by atoms with Crippen molar-refractivity contribution in [3.05, 3.63) is 35.0 Å². The molecule has 5 nitrogen and oxygen atoms in total. The molecule has 2 heterocycles. The third-order valence-electron chi connectivity index (χ3n) is 2.38. The Hall–Kier alpha value is -1.95. The van der Waals surface area contributed by atoms with Crippen LogP contribution in [-0.4, -0.2) is 15.9 Å². The Labute approximate surface area is 109 Å². The number of thiazole rings is 1. The minimum atomic E-state index is -0.228. The maximum atomic E-state index is 11.9. The van der Waals surface area contributed by atoms with E-state index in [0.717, 1.165) is 5.69 Å². The zero-order valence-electron chi connectivity index (χ0n) is 10.2. The van der Waals surface area contributed by atoms with E-state index in [1.807, 2.05) is 5.38 Å². The Bertz CT molecular complexity index is 565. The molecule has 0 atom stereocenters. The van der Waals surface area contributed by atoms with Crippen LogP contribution in [0.5, 0.6) is 0 Å². The fraction of sp³-hybridized carbons (Fsp3) is 0.250. The maximum Gasteiger partial charge on any atom is 0.257 e. The van der Waals surface area contributed by atoms with Gasteiger partial charge in [-0.2, -0.15) is 0 Å². The van der Waals surface area contributed by atoms with Crippen LogP contribution in [0, 0.1) is 0 Å². The van der Waals surface area contributed by atoms with Gasteiger partial charge in [-0.25, -0.2) is 9.97 Å². The number of nitrogens with two attached hydrogens (primary N) is 1. The third kappa shape index (κ3) is 2.84. The van der Waals surface area contributed by atoms with Gasteiger partial charge >= 0.3 is 0 Å². The molecule has 0 radical (unpaired) electrons. The molecule has 6 heteroatoms. The molecule has 0 unspecified atom stereocenters. The number of hydrogen-bond acceptors (Lipinski definition) is 5. The number of rotatable bonds is 3. The van der Waals surface area contributed by atoms with Crippen molar-refractivity contribution in [2.45, 2.75) is 19.8 Å². The summed E-state index contributed by atoms with van der Waals surface area (Å²) in [6, 6.07) is 3.15. The van der Waals surface area contributed by atoms with E-state index in [9.17, 15) is 4.79 Å². The summed E-state index contributed by atoms with van der Waals surface area (Å²) in [7, 11) is 0. The number of carbonyl (C=O) groups is 1. The van der Waals surface area contributed by atoms with Gasteiger partial charge in [0.2, 0.25) is 0 Å². The van der Waals surface area contributed by atoms with Crippen molar-refractivity contribution in [2.24, 2.45) is 0 Å². The molecule has 0 saturated heterocycles. The number of nitrogens with zero attached hydrogens (tertiary/aromatic N) is 2. The first kappa shape index (κ1) is 12.5. The van der Waals surface area contributed by atoms with Gasteiger partial charge in [-0.05, 0) is 18.1 Å². The quantitative estimate of drug-likeness (QED) is 0.890. The summed E-state index contributed by atoms with van der Waals surface area (Å²) in [4.78, 5) is 20.1. The summed E-state index contributed by atoms with van der Waals surface area (Å²) < 4.78 is 0. The van der Waals surface area contributed by atoms with Gasteiger partial charge in [-0.1, -0.05) is 13.8 Å². The lowest BCUT2D eigenvalue weighted by atomic mass is 10.2. The highest BCUT2D eigenvalue weighted by Gasteiger charge is 2.10. The van der Waals surface area contributed by atoms with E-state index in [2.05, 4.69) is 29.1 Å². The number of carbonyl (C=O) groups excluding carboxylic acids is 1. The second-order valence-corrected chi connectivity index (χ2v) is 5.01. The minimum Gasteiger partial charge on any atom is -0.384 e. The van der Waals surface area contributed by atoms with Gasteiger partial charge in [0.05, 0.1) is 5.69 Å². The Balaban J connectivity index is 2.11. The van der Waals surface area contributed by atoms with Crippen LogP contribution < -0.4 is 11.1 Å². The van der Waals surface area contributed by atoms with Crippen LogP contribution in [0.25, 0.3) is 0 Å². The van der Waals surface area contributed by atoms with E-state index in [4.69, 9.17) is 5.73 Å². The van der Waals surface area contributed by atoms with Crippen molar-refractivity contribution in [2.75, 3.05) is 11.1 Å². The summed E-state index contributed by atoms with van der Waals surface area (Å²) in [5.41, 5.74) is 6.98. The molecule has 0 spiro atoms. The normalized spacial score (nSPS) is 10.6. The van der Waals surface area contributed by atoms with Gasteiger partial charge in [-0.15, -0.1) is 11.3 Å². The minimum absolute atomic E-state index is 0.228. The molecule has 18 heavy (non-hydrogen) atoms.